The van der Waals surface area contributed by atoms with Crippen molar-refractivity contribution in [3.8, 4) is 0 Å². The van der Waals surface area contributed by atoms with Crippen LogP contribution in [0.5, 0.6) is 0 Å². The highest BCUT2D eigenvalue weighted by Gasteiger charge is 2.39. The lowest BCUT2D eigenvalue weighted by molar-refractivity contribution is 0.0903. The number of carbonyl (C=O) groups excluding carboxylic acids is 1. The SMILES string of the molecule is CC1CCC(NC(=O)c2snnc2C(C)C)(C(N)=S)CC1. The van der Waals surface area contributed by atoms with Gasteiger partial charge in [-0.2, -0.15) is 0 Å². The lowest BCUT2D eigenvalue weighted by Crippen LogP contribution is -2.58. The molecule has 1 aliphatic carbocycles. The van der Waals surface area contributed by atoms with Gasteiger partial charge < -0.3 is 11.1 Å². The summed E-state index contributed by atoms with van der Waals surface area (Å²) < 4.78 is 3.90. The Morgan fingerprint density at radius 3 is 2.62 bits per heavy atom. The molecule has 1 aromatic heterocycles. The Labute approximate surface area is 134 Å². The van der Waals surface area contributed by atoms with Crippen LogP contribution in [0.4, 0.5) is 0 Å². The molecule has 0 radical (unpaired) electrons. The molecule has 1 aliphatic rings. The van der Waals surface area contributed by atoms with Crippen LogP contribution in [0.3, 0.4) is 0 Å². The quantitative estimate of drug-likeness (QED) is 0.831. The van der Waals surface area contributed by atoms with Crippen molar-refractivity contribution in [1.29, 1.82) is 0 Å². The zero-order valence-corrected chi connectivity index (χ0v) is 14.3. The first-order valence-corrected chi connectivity index (χ1v) is 8.48. The van der Waals surface area contributed by atoms with Gasteiger partial charge in [0.1, 0.15) is 4.88 Å². The van der Waals surface area contributed by atoms with Crippen LogP contribution >= 0.6 is 23.8 Å². The normalized spacial score (nSPS) is 25.8. The summed E-state index contributed by atoms with van der Waals surface area (Å²) in [5, 5.41) is 7.13. The Morgan fingerprint density at radius 2 is 2.10 bits per heavy atom. The van der Waals surface area contributed by atoms with E-state index in [0.717, 1.165) is 42.9 Å². The van der Waals surface area contributed by atoms with E-state index >= 15 is 0 Å². The molecule has 1 saturated carbocycles. The van der Waals surface area contributed by atoms with Gasteiger partial charge in [-0.3, -0.25) is 4.79 Å². The van der Waals surface area contributed by atoms with Gasteiger partial charge in [-0.15, -0.1) is 5.10 Å². The summed E-state index contributed by atoms with van der Waals surface area (Å²) in [6.45, 7) is 6.22. The average Bonchev–Trinajstić information content (AvgIpc) is 2.91. The van der Waals surface area contributed by atoms with E-state index in [2.05, 4.69) is 21.8 Å². The van der Waals surface area contributed by atoms with Gasteiger partial charge in [0.15, 0.2) is 0 Å². The topological polar surface area (TPSA) is 80.9 Å². The molecular weight excluding hydrogens is 304 g/mol. The van der Waals surface area contributed by atoms with Crippen LogP contribution in [0.15, 0.2) is 0 Å². The minimum Gasteiger partial charge on any atom is -0.391 e. The molecule has 0 unspecified atom stereocenters. The van der Waals surface area contributed by atoms with E-state index in [9.17, 15) is 4.79 Å². The number of aromatic nitrogens is 2. The van der Waals surface area contributed by atoms with E-state index in [0.29, 0.717) is 15.8 Å². The first kappa shape index (κ1) is 16.3. The van der Waals surface area contributed by atoms with Crippen LogP contribution in [0.1, 0.15) is 67.7 Å². The van der Waals surface area contributed by atoms with E-state index in [-0.39, 0.29) is 11.8 Å². The highest BCUT2D eigenvalue weighted by atomic mass is 32.1. The minimum absolute atomic E-state index is 0.156. The van der Waals surface area contributed by atoms with Gasteiger partial charge in [0.25, 0.3) is 5.91 Å². The van der Waals surface area contributed by atoms with Crippen molar-refractivity contribution in [2.75, 3.05) is 0 Å². The van der Waals surface area contributed by atoms with Crippen molar-refractivity contribution < 1.29 is 4.79 Å². The number of nitrogens with zero attached hydrogens (tertiary/aromatic N) is 2. The van der Waals surface area contributed by atoms with Gasteiger partial charge >= 0.3 is 0 Å². The molecule has 3 N–H and O–H groups in total. The van der Waals surface area contributed by atoms with E-state index in [4.69, 9.17) is 18.0 Å². The fourth-order valence-electron chi connectivity index (χ4n) is 2.69. The lowest BCUT2D eigenvalue weighted by Gasteiger charge is -2.39. The third-order valence-corrected chi connectivity index (χ3v) is 5.35. The smallest absolute Gasteiger partial charge is 0.265 e. The third kappa shape index (κ3) is 3.40. The summed E-state index contributed by atoms with van der Waals surface area (Å²) in [6, 6.07) is 0. The molecule has 5 nitrogen and oxygen atoms in total. The van der Waals surface area contributed by atoms with Gasteiger partial charge in [-0.25, -0.2) is 0 Å². The van der Waals surface area contributed by atoms with Crippen LogP contribution in [0.2, 0.25) is 0 Å². The van der Waals surface area contributed by atoms with Gasteiger partial charge in [0.2, 0.25) is 0 Å². The molecule has 0 bridgehead atoms. The lowest BCUT2D eigenvalue weighted by atomic mass is 9.77. The predicted octanol–water partition coefficient (Wildman–Crippen LogP) is 2.63. The summed E-state index contributed by atoms with van der Waals surface area (Å²) in [5.41, 5.74) is 6.11. The third-order valence-electron chi connectivity index (χ3n) is 4.22. The van der Waals surface area contributed by atoms with E-state index in [1.54, 1.807) is 0 Å². The number of amides is 1. The number of hydrogen-bond acceptors (Lipinski definition) is 5. The van der Waals surface area contributed by atoms with Crippen molar-refractivity contribution >= 4 is 34.6 Å². The number of hydrogen-bond donors (Lipinski definition) is 2. The van der Waals surface area contributed by atoms with Crippen molar-refractivity contribution in [1.82, 2.24) is 14.9 Å². The molecule has 0 saturated heterocycles. The summed E-state index contributed by atoms with van der Waals surface area (Å²) in [5.74, 6) is 0.661. The van der Waals surface area contributed by atoms with E-state index in [1.807, 2.05) is 13.8 Å². The molecule has 0 atom stereocenters. The number of nitrogens with one attached hydrogen (secondary N) is 1. The molecule has 1 amide bonds. The summed E-state index contributed by atoms with van der Waals surface area (Å²) >= 11 is 6.36. The molecule has 1 aromatic rings. The molecule has 1 heterocycles. The van der Waals surface area contributed by atoms with Crippen molar-refractivity contribution in [3.63, 3.8) is 0 Å². The fourth-order valence-corrected chi connectivity index (χ4v) is 3.66. The summed E-state index contributed by atoms with van der Waals surface area (Å²) in [4.78, 5) is 13.5. The maximum absolute atomic E-state index is 12.6. The number of rotatable bonds is 4. The minimum atomic E-state index is -0.558. The average molecular weight is 326 g/mol. The van der Waals surface area contributed by atoms with Gasteiger partial charge in [-0.1, -0.05) is 37.5 Å². The maximum atomic E-state index is 12.6. The molecule has 116 valence electrons. The second kappa shape index (κ2) is 6.36. The highest BCUT2D eigenvalue weighted by Crippen LogP contribution is 2.33. The highest BCUT2D eigenvalue weighted by molar-refractivity contribution is 7.80. The standard InChI is InChI=1S/C14H22N4OS2/c1-8(2)10-11(21-18-17-10)12(19)16-14(13(15)20)6-4-9(3)5-7-14/h8-9H,4-7H2,1-3H3,(H2,15,20)(H,16,19). The predicted molar refractivity (Wildman–Crippen MR) is 88.6 cm³/mol. The Kier molecular flexibility index (Phi) is 4.93. The van der Waals surface area contributed by atoms with Crippen LogP contribution in [0.25, 0.3) is 0 Å². The fraction of sp³-hybridized carbons (Fsp3) is 0.714. The monoisotopic (exact) mass is 326 g/mol. The van der Waals surface area contributed by atoms with E-state index < -0.39 is 5.54 Å². The number of thiocarbonyl (C=S) groups is 1. The van der Waals surface area contributed by atoms with Gasteiger partial charge in [-0.05, 0) is 49.1 Å². The zero-order valence-electron chi connectivity index (χ0n) is 12.7. The zero-order chi connectivity index (χ0) is 15.6. The molecule has 0 aliphatic heterocycles. The Balaban J connectivity index is 2.19. The molecule has 2 rings (SSSR count). The van der Waals surface area contributed by atoms with Gasteiger partial charge in [0.05, 0.1) is 16.2 Å². The second-order valence-corrected chi connectivity index (χ2v) is 7.42. The van der Waals surface area contributed by atoms with E-state index in [1.165, 1.54) is 0 Å². The number of carbonyl (C=O) groups is 1. The largest absolute Gasteiger partial charge is 0.391 e. The molecule has 7 heteroatoms. The summed E-state index contributed by atoms with van der Waals surface area (Å²) in [7, 11) is 0. The first-order chi connectivity index (χ1) is 9.85. The van der Waals surface area contributed by atoms with Crippen LogP contribution in [-0.2, 0) is 0 Å². The Bertz CT molecular complexity index is 533. The van der Waals surface area contributed by atoms with Crippen molar-refractivity contribution in [3.05, 3.63) is 10.6 Å². The van der Waals surface area contributed by atoms with Crippen molar-refractivity contribution in [2.24, 2.45) is 11.7 Å². The molecule has 21 heavy (non-hydrogen) atoms. The number of nitrogens with two attached hydrogens (primary N) is 1. The first-order valence-electron chi connectivity index (χ1n) is 7.30. The van der Waals surface area contributed by atoms with Gasteiger partial charge in [0, 0.05) is 0 Å². The maximum Gasteiger partial charge on any atom is 0.265 e. The van der Waals surface area contributed by atoms with Crippen LogP contribution in [-0.4, -0.2) is 26.0 Å². The van der Waals surface area contributed by atoms with Crippen molar-refractivity contribution in [2.45, 2.75) is 57.9 Å². The van der Waals surface area contributed by atoms with Crippen LogP contribution < -0.4 is 11.1 Å². The second-order valence-electron chi connectivity index (χ2n) is 6.23. The molecule has 0 spiro atoms. The Morgan fingerprint density at radius 1 is 1.48 bits per heavy atom. The molecular formula is C14H22N4OS2. The molecule has 1 fully saturated rings. The molecule has 0 aromatic carbocycles. The Hall–Kier alpha value is -1.08. The summed E-state index contributed by atoms with van der Waals surface area (Å²) in [6.07, 6.45) is 3.65. The van der Waals surface area contributed by atoms with Crippen LogP contribution in [0, 0.1) is 5.92 Å².